The number of para-hydroxylation sites is 1. The number of aryl methyl sites for hydroxylation is 1. The molecule has 1 N–H and O–H groups in total. The first-order valence-electron chi connectivity index (χ1n) is 9.05. The quantitative estimate of drug-likeness (QED) is 0.547. The molecule has 0 atom stereocenters. The molecular formula is C23H17FN4O. The summed E-state index contributed by atoms with van der Waals surface area (Å²) >= 11 is 0. The van der Waals surface area contributed by atoms with E-state index >= 15 is 0 Å². The van der Waals surface area contributed by atoms with Gasteiger partial charge in [-0.05, 0) is 48.7 Å². The van der Waals surface area contributed by atoms with Crippen molar-refractivity contribution in [3.05, 3.63) is 95.2 Å². The molecule has 2 heterocycles. The number of anilines is 1. The number of rotatable bonds is 3. The van der Waals surface area contributed by atoms with E-state index in [0.29, 0.717) is 22.5 Å². The lowest BCUT2D eigenvalue weighted by atomic mass is 10.1. The zero-order chi connectivity index (χ0) is 20.2. The molecule has 6 heteroatoms. The van der Waals surface area contributed by atoms with E-state index in [0.717, 1.165) is 11.2 Å². The van der Waals surface area contributed by atoms with Crippen molar-refractivity contribution < 1.29 is 9.18 Å². The Hall–Kier alpha value is -3.98. The van der Waals surface area contributed by atoms with Crippen LogP contribution in [-0.2, 0) is 11.2 Å². The van der Waals surface area contributed by atoms with Crippen molar-refractivity contribution in [2.45, 2.75) is 13.3 Å². The summed E-state index contributed by atoms with van der Waals surface area (Å²) in [4.78, 5) is 16.6. The van der Waals surface area contributed by atoms with Crippen LogP contribution >= 0.6 is 0 Å². The van der Waals surface area contributed by atoms with Crippen LogP contribution in [0.3, 0.4) is 0 Å². The average Bonchev–Trinajstić information content (AvgIpc) is 3.18. The maximum Gasteiger partial charge on any atom is 0.228 e. The molecule has 0 saturated heterocycles. The van der Waals surface area contributed by atoms with Crippen molar-refractivity contribution in [3.63, 3.8) is 0 Å². The summed E-state index contributed by atoms with van der Waals surface area (Å²) in [6.07, 6.45) is 3.37. The highest BCUT2D eigenvalue weighted by atomic mass is 19.1. The lowest BCUT2D eigenvalue weighted by Gasteiger charge is -2.08. The van der Waals surface area contributed by atoms with E-state index in [1.54, 1.807) is 41.2 Å². The fourth-order valence-electron chi connectivity index (χ4n) is 2.92. The van der Waals surface area contributed by atoms with Crippen LogP contribution in [0.5, 0.6) is 0 Å². The number of carbonyl (C=O) groups excluding carboxylic acids is 1. The van der Waals surface area contributed by atoms with Crippen molar-refractivity contribution >= 4 is 17.2 Å². The van der Waals surface area contributed by atoms with Crippen LogP contribution in [-0.4, -0.2) is 20.5 Å². The highest BCUT2D eigenvalue weighted by Gasteiger charge is 2.10. The molecule has 1 amide bonds. The first-order valence-corrected chi connectivity index (χ1v) is 9.05. The molecule has 0 radical (unpaired) electrons. The Morgan fingerprint density at radius 3 is 2.90 bits per heavy atom. The van der Waals surface area contributed by atoms with Crippen LogP contribution in [0.4, 0.5) is 10.1 Å². The van der Waals surface area contributed by atoms with Gasteiger partial charge in [0.25, 0.3) is 0 Å². The van der Waals surface area contributed by atoms with Crippen molar-refractivity contribution in [3.8, 4) is 11.8 Å². The highest BCUT2D eigenvalue weighted by Crippen LogP contribution is 2.16. The van der Waals surface area contributed by atoms with Crippen LogP contribution in [0.25, 0.3) is 5.65 Å². The highest BCUT2D eigenvalue weighted by molar-refractivity contribution is 5.93. The fraction of sp³-hybridized carbons (Fsp3) is 0.0870. The number of nitrogens with one attached hydrogen (secondary N) is 1. The monoisotopic (exact) mass is 384 g/mol. The summed E-state index contributed by atoms with van der Waals surface area (Å²) in [5.41, 5.74) is 3.82. The minimum absolute atomic E-state index is 0.0475. The lowest BCUT2D eigenvalue weighted by molar-refractivity contribution is -0.115. The van der Waals surface area contributed by atoms with E-state index in [4.69, 9.17) is 0 Å². The molecule has 0 aliphatic rings. The average molecular weight is 384 g/mol. The molecular weight excluding hydrogens is 367 g/mol. The van der Waals surface area contributed by atoms with Crippen LogP contribution in [0, 0.1) is 24.6 Å². The summed E-state index contributed by atoms with van der Waals surface area (Å²) in [7, 11) is 0. The summed E-state index contributed by atoms with van der Waals surface area (Å²) in [6.45, 7) is 1.86. The second kappa shape index (κ2) is 7.95. The van der Waals surface area contributed by atoms with E-state index < -0.39 is 0 Å². The zero-order valence-electron chi connectivity index (χ0n) is 15.7. The van der Waals surface area contributed by atoms with Crippen LogP contribution in [0.1, 0.15) is 22.4 Å². The second-order valence-electron chi connectivity index (χ2n) is 6.56. The molecule has 29 heavy (non-hydrogen) atoms. The molecule has 5 nitrogen and oxygen atoms in total. The van der Waals surface area contributed by atoms with Gasteiger partial charge < -0.3 is 5.32 Å². The molecule has 0 unspecified atom stereocenters. The third kappa shape index (κ3) is 4.30. The summed E-state index contributed by atoms with van der Waals surface area (Å²) in [5.74, 6) is 5.35. The Bertz CT molecular complexity index is 1270. The maximum absolute atomic E-state index is 13.9. The van der Waals surface area contributed by atoms with Crippen LogP contribution < -0.4 is 5.32 Å². The Balaban J connectivity index is 1.54. The van der Waals surface area contributed by atoms with Crippen LogP contribution in [0.15, 0.2) is 67.0 Å². The number of hydrogen-bond donors (Lipinski definition) is 1. The summed E-state index contributed by atoms with van der Waals surface area (Å²) in [5, 5.41) is 7.19. The number of amides is 1. The number of halogens is 1. The molecule has 0 saturated carbocycles. The maximum atomic E-state index is 13.9. The predicted molar refractivity (Wildman–Crippen MR) is 109 cm³/mol. The minimum atomic E-state index is -0.389. The Kier molecular flexibility index (Phi) is 5.04. The van der Waals surface area contributed by atoms with Gasteiger partial charge >= 0.3 is 0 Å². The van der Waals surface area contributed by atoms with Gasteiger partial charge in [-0.2, -0.15) is 5.10 Å². The van der Waals surface area contributed by atoms with Gasteiger partial charge in [-0.25, -0.2) is 13.9 Å². The first-order chi connectivity index (χ1) is 14.1. The van der Waals surface area contributed by atoms with Crippen molar-refractivity contribution in [2.24, 2.45) is 0 Å². The second-order valence-corrected chi connectivity index (χ2v) is 6.56. The van der Waals surface area contributed by atoms with Crippen LogP contribution in [0.2, 0.25) is 0 Å². The largest absolute Gasteiger partial charge is 0.325 e. The number of carbonyl (C=O) groups is 1. The number of aromatic nitrogens is 3. The molecule has 4 rings (SSSR count). The van der Waals surface area contributed by atoms with Gasteiger partial charge in [0, 0.05) is 18.0 Å². The van der Waals surface area contributed by atoms with Crippen molar-refractivity contribution in [2.75, 3.05) is 5.32 Å². The number of fused-ring (bicyclic) bond motifs is 1. The number of nitrogens with zero attached hydrogens (tertiary/aromatic N) is 3. The lowest BCUT2D eigenvalue weighted by Crippen LogP contribution is -2.16. The molecule has 2 aromatic heterocycles. The fourth-order valence-corrected chi connectivity index (χ4v) is 2.92. The van der Waals surface area contributed by atoms with Crippen molar-refractivity contribution in [1.82, 2.24) is 14.6 Å². The number of hydrogen-bond acceptors (Lipinski definition) is 3. The van der Waals surface area contributed by atoms with Gasteiger partial charge in [-0.15, -0.1) is 0 Å². The summed E-state index contributed by atoms with van der Waals surface area (Å²) < 4.78 is 15.6. The zero-order valence-corrected chi connectivity index (χ0v) is 15.7. The number of benzene rings is 2. The van der Waals surface area contributed by atoms with Gasteiger partial charge in [0.1, 0.15) is 11.5 Å². The molecule has 0 aliphatic carbocycles. The SMILES string of the molecule is Cc1ccc(F)c(CC(=O)Nc2ccccc2C#Cc2ccc3nccn3n2)c1. The molecule has 0 bridgehead atoms. The van der Waals surface area contributed by atoms with Gasteiger partial charge in [-0.3, -0.25) is 4.79 Å². The molecule has 0 aliphatic heterocycles. The van der Waals surface area contributed by atoms with E-state index in [1.807, 2.05) is 31.2 Å². The van der Waals surface area contributed by atoms with Gasteiger partial charge in [-0.1, -0.05) is 35.7 Å². The topological polar surface area (TPSA) is 59.3 Å². The Morgan fingerprint density at radius 2 is 2.00 bits per heavy atom. The standard InChI is InChI=1S/C23H17FN4O/c1-16-6-10-20(24)18(14-16)15-23(29)26-21-5-3-2-4-17(21)7-8-19-9-11-22-25-12-13-28(22)27-19/h2-6,9-14H,15H2,1H3,(H,26,29). The Morgan fingerprint density at radius 1 is 1.14 bits per heavy atom. The van der Waals surface area contributed by atoms with Gasteiger partial charge in [0.05, 0.1) is 12.1 Å². The molecule has 142 valence electrons. The summed E-state index contributed by atoms with van der Waals surface area (Å²) in [6, 6.07) is 15.6. The third-order valence-corrected chi connectivity index (χ3v) is 4.33. The minimum Gasteiger partial charge on any atom is -0.325 e. The van der Waals surface area contributed by atoms with E-state index in [1.165, 1.54) is 6.07 Å². The van der Waals surface area contributed by atoms with E-state index in [-0.39, 0.29) is 18.1 Å². The van der Waals surface area contributed by atoms with Crippen molar-refractivity contribution in [1.29, 1.82) is 0 Å². The molecule has 0 fully saturated rings. The predicted octanol–water partition coefficient (Wildman–Crippen LogP) is 3.76. The molecule has 0 spiro atoms. The van der Waals surface area contributed by atoms with Gasteiger partial charge in [0.15, 0.2) is 5.65 Å². The van der Waals surface area contributed by atoms with Gasteiger partial charge in [0.2, 0.25) is 5.91 Å². The smallest absolute Gasteiger partial charge is 0.228 e. The van der Waals surface area contributed by atoms with E-state index in [2.05, 4.69) is 27.2 Å². The third-order valence-electron chi connectivity index (χ3n) is 4.33. The number of imidazole rings is 1. The van der Waals surface area contributed by atoms with E-state index in [9.17, 15) is 9.18 Å². The Labute approximate surface area is 167 Å². The normalized spacial score (nSPS) is 10.4. The molecule has 2 aromatic carbocycles. The molecule has 4 aromatic rings. The first kappa shape index (κ1) is 18.4.